The van der Waals surface area contributed by atoms with Crippen LogP contribution in [0.3, 0.4) is 0 Å². The van der Waals surface area contributed by atoms with E-state index in [9.17, 15) is 13.2 Å². The Labute approximate surface area is 163 Å². The van der Waals surface area contributed by atoms with Crippen LogP contribution >= 0.6 is 0 Å². The van der Waals surface area contributed by atoms with Crippen molar-refractivity contribution in [1.82, 2.24) is 19.5 Å². The first kappa shape index (κ1) is 18.5. The zero-order valence-electron chi connectivity index (χ0n) is 15.1. The molecule has 0 aliphatic heterocycles. The summed E-state index contributed by atoms with van der Waals surface area (Å²) in [5.74, 6) is 1.26. The van der Waals surface area contributed by atoms with Crippen LogP contribution in [0.2, 0.25) is 0 Å². The second kappa shape index (κ2) is 7.30. The first-order valence-corrected chi connectivity index (χ1v) is 8.53. The van der Waals surface area contributed by atoms with E-state index in [1.165, 1.54) is 30.5 Å². The molecule has 2 N–H and O–H groups in total. The summed E-state index contributed by atoms with van der Waals surface area (Å²) in [5.41, 5.74) is 2.20. The summed E-state index contributed by atoms with van der Waals surface area (Å²) in [6.45, 7) is 0. The van der Waals surface area contributed by atoms with E-state index < -0.39 is 6.36 Å². The van der Waals surface area contributed by atoms with Gasteiger partial charge in [0.05, 0.1) is 23.4 Å². The van der Waals surface area contributed by atoms with Crippen molar-refractivity contribution in [3.63, 3.8) is 0 Å². The number of ether oxygens (including phenoxy) is 1. The number of anilines is 3. The molecule has 0 spiro atoms. The number of hydrogen-bond acceptors (Lipinski definition) is 6. The average molecular weight is 400 g/mol. The minimum Gasteiger partial charge on any atom is -0.406 e. The SMILES string of the molecule is CNc1nc2ccccc2n1-c1cncc(Nc2ccc(OC(F)(F)F)cc2)n1. The summed E-state index contributed by atoms with van der Waals surface area (Å²) in [4.78, 5) is 13.3. The molecule has 2 aromatic heterocycles. The average Bonchev–Trinajstić information content (AvgIpc) is 3.07. The molecule has 0 saturated heterocycles. The van der Waals surface area contributed by atoms with Gasteiger partial charge >= 0.3 is 6.36 Å². The van der Waals surface area contributed by atoms with Crippen molar-refractivity contribution in [2.75, 3.05) is 17.7 Å². The second-order valence-electron chi connectivity index (χ2n) is 5.97. The number of aromatic nitrogens is 4. The maximum atomic E-state index is 12.3. The third-order valence-corrected chi connectivity index (χ3v) is 4.00. The van der Waals surface area contributed by atoms with E-state index in [1.807, 2.05) is 28.8 Å². The number of benzene rings is 2. The Morgan fingerprint density at radius 1 is 0.966 bits per heavy atom. The Balaban J connectivity index is 1.62. The van der Waals surface area contributed by atoms with E-state index >= 15 is 0 Å². The predicted molar refractivity (Wildman–Crippen MR) is 103 cm³/mol. The molecule has 7 nitrogen and oxygen atoms in total. The van der Waals surface area contributed by atoms with Crippen LogP contribution < -0.4 is 15.4 Å². The van der Waals surface area contributed by atoms with Gasteiger partial charge in [-0.15, -0.1) is 13.2 Å². The van der Waals surface area contributed by atoms with Crippen LogP contribution in [-0.2, 0) is 0 Å². The summed E-state index contributed by atoms with van der Waals surface area (Å²) >= 11 is 0. The van der Waals surface area contributed by atoms with Gasteiger partial charge in [-0.2, -0.15) is 0 Å². The molecule has 0 amide bonds. The van der Waals surface area contributed by atoms with E-state index in [0.717, 1.165) is 11.0 Å². The van der Waals surface area contributed by atoms with E-state index in [2.05, 4.69) is 30.3 Å². The number of imidazole rings is 1. The van der Waals surface area contributed by atoms with Crippen LogP contribution in [0.1, 0.15) is 0 Å². The van der Waals surface area contributed by atoms with Crippen molar-refractivity contribution < 1.29 is 17.9 Å². The Bertz CT molecular complexity index is 1140. The van der Waals surface area contributed by atoms with Gasteiger partial charge in [-0.05, 0) is 36.4 Å². The fourth-order valence-electron chi connectivity index (χ4n) is 2.84. The molecule has 148 valence electrons. The maximum absolute atomic E-state index is 12.3. The third-order valence-electron chi connectivity index (χ3n) is 4.00. The number of nitrogens with one attached hydrogen (secondary N) is 2. The Kier molecular flexibility index (Phi) is 4.67. The van der Waals surface area contributed by atoms with Crippen LogP contribution in [0.15, 0.2) is 60.9 Å². The molecule has 2 heterocycles. The smallest absolute Gasteiger partial charge is 0.406 e. The van der Waals surface area contributed by atoms with Crippen molar-refractivity contribution in [2.24, 2.45) is 0 Å². The third kappa shape index (κ3) is 4.05. The zero-order chi connectivity index (χ0) is 20.4. The molecule has 0 unspecified atom stereocenters. The molecule has 2 aromatic carbocycles. The molecular weight excluding hydrogens is 385 g/mol. The highest BCUT2D eigenvalue weighted by Crippen LogP contribution is 2.26. The zero-order valence-corrected chi connectivity index (χ0v) is 15.1. The molecule has 4 aromatic rings. The van der Waals surface area contributed by atoms with Crippen molar-refractivity contribution in [2.45, 2.75) is 6.36 Å². The summed E-state index contributed by atoms with van der Waals surface area (Å²) < 4.78 is 42.5. The highest BCUT2D eigenvalue weighted by atomic mass is 19.4. The van der Waals surface area contributed by atoms with Crippen LogP contribution in [0, 0.1) is 0 Å². The first-order valence-electron chi connectivity index (χ1n) is 8.53. The van der Waals surface area contributed by atoms with Crippen LogP contribution in [-0.4, -0.2) is 32.9 Å². The van der Waals surface area contributed by atoms with Gasteiger partial charge in [-0.25, -0.2) is 9.97 Å². The van der Waals surface area contributed by atoms with Crippen LogP contribution in [0.5, 0.6) is 5.75 Å². The topological polar surface area (TPSA) is 76.9 Å². The molecule has 0 saturated carbocycles. The normalized spacial score (nSPS) is 11.4. The fraction of sp³-hybridized carbons (Fsp3) is 0.105. The summed E-state index contributed by atoms with van der Waals surface area (Å²) in [7, 11) is 1.76. The summed E-state index contributed by atoms with van der Waals surface area (Å²) in [5, 5.41) is 6.05. The summed E-state index contributed by atoms with van der Waals surface area (Å²) in [6, 6.07) is 13.0. The maximum Gasteiger partial charge on any atom is 0.573 e. The van der Waals surface area contributed by atoms with Crippen molar-refractivity contribution in [3.8, 4) is 11.6 Å². The Morgan fingerprint density at radius 3 is 2.45 bits per heavy atom. The highest BCUT2D eigenvalue weighted by Gasteiger charge is 2.30. The standard InChI is InChI=1S/C19H15F3N6O/c1-23-18-26-14-4-2-3-5-15(14)28(18)17-11-24-10-16(27-17)25-12-6-8-13(9-7-12)29-19(20,21)22/h2-11H,1H3,(H,23,26)(H,25,27). The molecule has 0 radical (unpaired) electrons. The monoisotopic (exact) mass is 400 g/mol. The van der Waals surface area contributed by atoms with Gasteiger partial charge in [0.15, 0.2) is 11.6 Å². The van der Waals surface area contributed by atoms with Gasteiger partial charge < -0.3 is 15.4 Å². The van der Waals surface area contributed by atoms with Gasteiger partial charge in [0.25, 0.3) is 0 Å². The number of hydrogen-bond donors (Lipinski definition) is 2. The van der Waals surface area contributed by atoms with E-state index in [-0.39, 0.29) is 5.75 Å². The number of rotatable bonds is 5. The van der Waals surface area contributed by atoms with Gasteiger partial charge in [-0.1, -0.05) is 12.1 Å². The predicted octanol–water partition coefficient (Wildman–Crippen LogP) is 4.50. The fourth-order valence-corrected chi connectivity index (χ4v) is 2.84. The van der Waals surface area contributed by atoms with E-state index in [1.54, 1.807) is 13.2 Å². The number of fused-ring (bicyclic) bond motifs is 1. The molecule has 4 rings (SSSR count). The van der Waals surface area contributed by atoms with Gasteiger partial charge in [-0.3, -0.25) is 9.55 Å². The molecule has 10 heteroatoms. The van der Waals surface area contributed by atoms with E-state index in [4.69, 9.17) is 0 Å². The Morgan fingerprint density at radius 2 is 1.72 bits per heavy atom. The number of halogens is 3. The summed E-state index contributed by atoms with van der Waals surface area (Å²) in [6.07, 6.45) is -1.62. The number of nitrogens with zero attached hydrogens (tertiary/aromatic N) is 4. The van der Waals surface area contributed by atoms with Gasteiger partial charge in [0.1, 0.15) is 5.75 Å². The van der Waals surface area contributed by atoms with E-state index in [0.29, 0.717) is 23.3 Å². The minimum absolute atomic E-state index is 0.300. The van der Waals surface area contributed by atoms with Crippen LogP contribution in [0.4, 0.5) is 30.6 Å². The molecule has 0 aliphatic carbocycles. The lowest BCUT2D eigenvalue weighted by Gasteiger charge is -2.11. The molecule has 0 aliphatic rings. The molecule has 0 fully saturated rings. The number of alkyl halides is 3. The quantitative estimate of drug-likeness (QED) is 0.514. The molecule has 0 bridgehead atoms. The van der Waals surface area contributed by atoms with Gasteiger partial charge in [0, 0.05) is 12.7 Å². The Hall–Kier alpha value is -3.82. The van der Waals surface area contributed by atoms with Crippen molar-refractivity contribution >= 4 is 28.5 Å². The largest absolute Gasteiger partial charge is 0.573 e. The highest BCUT2D eigenvalue weighted by molar-refractivity contribution is 5.80. The second-order valence-corrected chi connectivity index (χ2v) is 5.97. The van der Waals surface area contributed by atoms with Crippen molar-refractivity contribution in [3.05, 3.63) is 60.9 Å². The van der Waals surface area contributed by atoms with Gasteiger partial charge in [0.2, 0.25) is 5.95 Å². The number of para-hydroxylation sites is 2. The molecule has 29 heavy (non-hydrogen) atoms. The minimum atomic E-state index is -4.73. The molecule has 0 atom stereocenters. The molecular formula is C19H15F3N6O. The lowest BCUT2D eigenvalue weighted by molar-refractivity contribution is -0.274. The lowest BCUT2D eigenvalue weighted by Crippen LogP contribution is -2.16. The van der Waals surface area contributed by atoms with Crippen LogP contribution in [0.25, 0.3) is 16.9 Å². The van der Waals surface area contributed by atoms with Crippen molar-refractivity contribution in [1.29, 1.82) is 0 Å². The lowest BCUT2D eigenvalue weighted by atomic mass is 10.3. The first-order chi connectivity index (χ1) is 13.9.